The SMILES string of the molecule is Cn1cc(C#N)c(=O)n(C[C@H](O)c2ccccc2)c1=O. The van der Waals surface area contributed by atoms with E-state index in [9.17, 15) is 14.7 Å². The highest BCUT2D eigenvalue weighted by Crippen LogP contribution is 2.12. The van der Waals surface area contributed by atoms with E-state index >= 15 is 0 Å². The van der Waals surface area contributed by atoms with Crippen LogP contribution in [-0.2, 0) is 13.6 Å². The lowest BCUT2D eigenvalue weighted by Crippen LogP contribution is -2.41. The van der Waals surface area contributed by atoms with E-state index in [-0.39, 0.29) is 12.1 Å². The maximum atomic E-state index is 12.0. The molecule has 2 aromatic rings. The molecule has 0 aliphatic rings. The number of hydrogen-bond acceptors (Lipinski definition) is 4. The van der Waals surface area contributed by atoms with Gasteiger partial charge in [-0.1, -0.05) is 30.3 Å². The number of aryl methyl sites for hydroxylation is 1. The van der Waals surface area contributed by atoms with Gasteiger partial charge in [-0.3, -0.25) is 9.36 Å². The quantitative estimate of drug-likeness (QED) is 0.860. The van der Waals surface area contributed by atoms with Gasteiger partial charge in [0.05, 0.1) is 12.6 Å². The summed E-state index contributed by atoms with van der Waals surface area (Å²) < 4.78 is 2.02. The molecule has 1 N–H and O–H groups in total. The Morgan fingerprint density at radius 1 is 1.30 bits per heavy atom. The number of aromatic nitrogens is 2. The molecule has 6 nitrogen and oxygen atoms in total. The first kappa shape index (κ1) is 13.8. The van der Waals surface area contributed by atoms with Gasteiger partial charge in [0.2, 0.25) is 0 Å². The number of aliphatic hydroxyl groups excluding tert-OH is 1. The van der Waals surface area contributed by atoms with Crippen molar-refractivity contribution >= 4 is 0 Å². The van der Waals surface area contributed by atoms with E-state index < -0.39 is 17.4 Å². The number of nitrogens with zero attached hydrogens (tertiary/aromatic N) is 3. The van der Waals surface area contributed by atoms with Gasteiger partial charge in [0, 0.05) is 13.2 Å². The molecule has 0 spiro atoms. The molecule has 0 fully saturated rings. The van der Waals surface area contributed by atoms with E-state index in [2.05, 4.69) is 0 Å². The molecule has 0 saturated carbocycles. The van der Waals surface area contributed by atoms with Crippen LogP contribution in [0, 0.1) is 11.3 Å². The van der Waals surface area contributed by atoms with Crippen LogP contribution in [0.1, 0.15) is 17.2 Å². The topological polar surface area (TPSA) is 88.0 Å². The summed E-state index contributed by atoms with van der Waals surface area (Å²) in [6.45, 7) is -0.189. The molecule has 0 saturated heterocycles. The summed E-state index contributed by atoms with van der Waals surface area (Å²) >= 11 is 0. The smallest absolute Gasteiger partial charge is 0.330 e. The minimum Gasteiger partial charge on any atom is -0.387 e. The molecule has 1 heterocycles. The zero-order valence-corrected chi connectivity index (χ0v) is 10.9. The summed E-state index contributed by atoms with van der Waals surface area (Å²) in [6.07, 6.45) is 0.200. The summed E-state index contributed by atoms with van der Waals surface area (Å²) in [5, 5.41) is 19.0. The number of nitriles is 1. The molecule has 102 valence electrons. The fraction of sp³-hybridized carbons (Fsp3) is 0.214. The fourth-order valence-corrected chi connectivity index (χ4v) is 1.92. The van der Waals surface area contributed by atoms with Gasteiger partial charge < -0.3 is 9.67 Å². The highest BCUT2D eigenvalue weighted by molar-refractivity contribution is 5.23. The van der Waals surface area contributed by atoms with Crippen LogP contribution >= 0.6 is 0 Å². The van der Waals surface area contributed by atoms with Gasteiger partial charge in [-0.15, -0.1) is 0 Å². The second-order valence-corrected chi connectivity index (χ2v) is 4.39. The first-order chi connectivity index (χ1) is 9.54. The Morgan fingerprint density at radius 3 is 2.55 bits per heavy atom. The van der Waals surface area contributed by atoms with Gasteiger partial charge in [0.1, 0.15) is 11.6 Å². The Hall–Kier alpha value is -2.65. The zero-order valence-electron chi connectivity index (χ0n) is 10.9. The van der Waals surface area contributed by atoms with E-state index in [1.54, 1.807) is 36.4 Å². The van der Waals surface area contributed by atoms with Crippen LogP contribution in [-0.4, -0.2) is 14.2 Å². The molecule has 0 aliphatic heterocycles. The van der Waals surface area contributed by atoms with Crippen LogP contribution in [0.4, 0.5) is 0 Å². The summed E-state index contributed by atoms with van der Waals surface area (Å²) in [5.41, 5.74) is -0.786. The van der Waals surface area contributed by atoms with Crippen molar-refractivity contribution in [1.29, 1.82) is 5.26 Å². The molecular formula is C14H13N3O3. The number of rotatable bonds is 3. The summed E-state index contributed by atoms with van der Waals surface area (Å²) in [5.74, 6) is 0. The Morgan fingerprint density at radius 2 is 1.95 bits per heavy atom. The van der Waals surface area contributed by atoms with Crippen LogP contribution in [0.5, 0.6) is 0 Å². The molecule has 0 aliphatic carbocycles. The molecule has 6 heteroatoms. The van der Waals surface area contributed by atoms with Gasteiger partial charge >= 0.3 is 5.69 Å². The van der Waals surface area contributed by atoms with Crippen molar-refractivity contribution in [3.8, 4) is 6.07 Å². The summed E-state index contributed by atoms with van der Waals surface area (Å²) in [4.78, 5) is 23.9. The van der Waals surface area contributed by atoms with E-state index in [1.165, 1.54) is 13.2 Å². The third-order valence-electron chi connectivity index (χ3n) is 2.99. The van der Waals surface area contributed by atoms with Gasteiger partial charge in [-0.05, 0) is 5.56 Å². The van der Waals surface area contributed by atoms with E-state index in [0.717, 1.165) is 9.13 Å². The highest BCUT2D eigenvalue weighted by Gasteiger charge is 2.14. The number of aliphatic hydroxyl groups is 1. The second-order valence-electron chi connectivity index (χ2n) is 4.39. The molecule has 0 bridgehead atoms. The summed E-state index contributed by atoms with van der Waals surface area (Å²) in [6, 6.07) is 10.5. The molecule has 0 amide bonds. The van der Waals surface area contributed by atoms with Crippen molar-refractivity contribution in [3.05, 3.63) is 68.5 Å². The second kappa shape index (κ2) is 5.55. The Balaban J connectivity index is 2.45. The predicted molar refractivity (Wildman–Crippen MR) is 72.1 cm³/mol. The van der Waals surface area contributed by atoms with Gasteiger partial charge in [0.25, 0.3) is 5.56 Å². The van der Waals surface area contributed by atoms with Gasteiger partial charge in [-0.2, -0.15) is 5.26 Å². The normalized spacial score (nSPS) is 11.8. The molecule has 0 unspecified atom stereocenters. The van der Waals surface area contributed by atoms with Gasteiger partial charge in [-0.25, -0.2) is 4.79 Å². The Bertz CT molecular complexity index is 769. The monoisotopic (exact) mass is 271 g/mol. The van der Waals surface area contributed by atoms with E-state index in [1.807, 2.05) is 0 Å². The maximum absolute atomic E-state index is 12.0. The third-order valence-corrected chi connectivity index (χ3v) is 2.99. The Labute approximate surface area is 114 Å². The standard InChI is InChI=1S/C14H13N3O3/c1-16-8-11(7-15)13(19)17(14(16)20)9-12(18)10-5-3-2-4-6-10/h2-6,8,12,18H,9H2,1H3/t12-/m0/s1. The molecule has 0 radical (unpaired) electrons. The zero-order chi connectivity index (χ0) is 14.7. The molecule has 20 heavy (non-hydrogen) atoms. The van der Waals surface area contributed by atoms with Crippen LogP contribution < -0.4 is 11.2 Å². The molecular weight excluding hydrogens is 258 g/mol. The van der Waals surface area contributed by atoms with E-state index in [4.69, 9.17) is 5.26 Å². The third kappa shape index (κ3) is 2.53. The van der Waals surface area contributed by atoms with E-state index in [0.29, 0.717) is 5.56 Å². The largest absolute Gasteiger partial charge is 0.387 e. The molecule has 1 atom stereocenters. The lowest BCUT2D eigenvalue weighted by Gasteiger charge is -2.13. The van der Waals surface area contributed by atoms with Crippen molar-refractivity contribution in [1.82, 2.24) is 9.13 Å². The van der Waals surface area contributed by atoms with Crippen LogP contribution in [0.2, 0.25) is 0 Å². The number of hydrogen-bond donors (Lipinski definition) is 1. The minimum atomic E-state index is -0.990. The fourth-order valence-electron chi connectivity index (χ4n) is 1.92. The average Bonchev–Trinajstić information content (AvgIpc) is 2.48. The van der Waals surface area contributed by atoms with Gasteiger partial charge in [0.15, 0.2) is 0 Å². The van der Waals surface area contributed by atoms with Crippen LogP contribution in [0.25, 0.3) is 0 Å². The van der Waals surface area contributed by atoms with Crippen molar-refractivity contribution < 1.29 is 5.11 Å². The minimum absolute atomic E-state index is 0.132. The first-order valence-corrected chi connectivity index (χ1v) is 5.98. The van der Waals surface area contributed by atoms with Crippen molar-refractivity contribution in [3.63, 3.8) is 0 Å². The maximum Gasteiger partial charge on any atom is 0.330 e. The first-order valence-electron chi connectivity index (χ1n) is 5.98. The highest BCUT2D eigenvalue weighted by atomic mass is 16.3. The number of benzene rings is 1. The van der Waals surface area contributed by atoms with Crippen molar-refractivity contribution in [2.75, 3.05) is 0 Å². The lowest BCUT2D eigenvalue weighted by atomic mass is 10.1. The van der Waals surface area contributed by atoms with Crippen molar-refractivity contribution in [2.24, 2.45) is 7.05 Å². The Kier molecular flexibility index (Phi) is 3.82. The van der Waals surface area contributed by atoms with Crippen molar-refractivity contribution in [2.45, 2.75) is 12.6 Å². The van der Waals surface area contributed by atoms with Crippen LogP contribution in [0.3, 0.4) is 0 Å². The van der Waals surface area contributed by atoms with Crippen LogP contribution in [0.15, 0.2) is 46.1 Å². The molecule has 1 aromatic heterocycles. The molecule has 2 rings (SSSR count). The summed E-state index contributed by atoms with van der Waals surface area (Å²) in [7, 11) is 1.45. The average molecular weight is 271 g/mol. The molecule has 1 aromatic carbocycles. The predicted octanol–water partition coefficient (Wildman–Crippen LogP) is 0.152. The lowest BCUT2D eigenvalue weighted by molar-refractivity contribution is 0.152.